The number of halogens is 3. The van der Waals surface area contributed by atoms with Crippen molar-refractivity contribution >= 4 is 11.8 Å². The van der Waals surface area contributed by atoms with Gasteiger partial charge in [0.1, 0.15) is 0 Å². The van der Waals surface area contributed by atoms with Crippen LogP contribution in [-0.4, -0.2) is 24.5 Å². The van der Waals surface area contributed by atoms with E-state index in [0.717, 1.165) is 0 Å². The van der Waals surface area contributed by atoms with Gasteiger partial charge in [0.2, 0.25) is 0 Å². The number of esters is 1. The number of hydrogen-bond donors (Lipinski definition) is 0. The first-order valence-corrected chi connectivity index (χ1v) is 7.21. The summed E-state index contributed by atoms with van der Waals surface area (Å²) in [6.07, 6.45) is -4.57. The van der Waals surface area contributed by atoms with E-state index < -0.39 is 24.7 Å². The third-order valence-electron chi connectivity index (χ3n) is 3.42. The van der Waals surface area contributed by atoms with Gasteiger partial charge < -0.3 is 4.74 Å². The van der Waals surface area contributed by atoms with E-state index in [1.165, 1.54) is 13.0 Å². The number of hydrogen-bond acceptors (Lipinski definition) is 3. The van der Waals surface area contributed by atoms with Crippen molar-refractivity contribution in [2.45, 2.75) is 19.0 Å². The van der Waals surface area contributed by atoms with E-state index in [2.05, 4.69) is 4.74 Å². The van der Waals surface area contributed by atoms with Crippen molar-refractivity contribution in [3.63, 3.8) is 0 Å². The maximum Gasteiger partial charge on any atom is 0.422 e. The van der Waals surface area contributed by atoms with Crippen molar-refractivity contribution in [2.75, 3.05) is 6.61 Å². The quantitative estimate of drug-likeness (QED) is 0.609. The highest BCUT2D eigenvalue weighted by Gasteiger charge is 2.31. The van der Waals surface area contributed by atoms with Crippen molar-refractivity contribution in [3.8, 4) is 0 Å². The predicted octanol–water partition coefficient (Wildman–Crippen LogP) is 4.13. The summed E-state index contributed by atoms with van der Waals surface area (Å²) in [5, 5.41) is 0. The Kier molecular flexibility index (Phi) is 5.39. The van der Waals surface area contributed by atoms with Crippen molar-refractivity contribution in [1.82, 2.24) is 0 Å². The van der Waals surface area contributed by atoms with Gasteiger partial charge >= 0.3 is 12.1 Å². The van der Waals surface area contributed by atoms with Crippen molar-refractivity contribution < 1.29 is 27.5 Å². The third-order valence-corrected chi connectivity index (χ3v) is 3.42. The third kappa shape index (κ3) is 4.68. The van der Waals surface area contributed by atoms with Gasteiger partial charge in [-0.05, 0) is 18.6 Å². The van der Waals surface area contributed by atoms with E-state index in [9.17, 15) is 22.8 Å². The highest BCUT2D eigenvalue weighted by Crippen LogP contribution is 2.22. The molecule has 0 unspecified atom stereocenters. The first-order chi connectivity index (χ1) is 11.3. The number of carbonyl (C=O) groups is 2. The Morgan fingerprint density at radius 2 is 1.62 bits per heavy atom. The van der Waals surface area contributed by atoms with E-state index in [1.807, 2.05) is 0 Å². The number of carbonyl (C=O) groups excluding carboxylic acids is 2. The summed E-state index contributed by atoms with van der Waals surface area (Å²) in [4.78, 5) is 24.1. The molecule has 0 saturated heterocycles. The fourth-order valence-electron chi connectivity index (χ4n) is 2.12. The average molecular weight is 336 g/mol. The number of alkyl halides is 3. The van der Waals surface area contributed by atoms with Gasteiger partial charge in [-0.25, -0.2) is 0 Å². The Balaban J connectivity index is 2.15. The van der Waals surface area contributed by atoms with E-state index >= 15 is 0 Å². The molecule has 0 aliphatic rings. The first kappa shape index (κ1) is 17.7. The summed E-state index contributed by atoms with van der Waals surface area (Å²) in [5.74, 6) is -2.12. The van der Waals surface area contributed by atoms with Crippen molar-refractivity contribution in [2.24, 2.45) is 0 Å². The summed E-state index contributed by atoms with van der Waals surface area (Å²) in [6, 6.07) is 14.8. The zero-order chi connectivity index (χ0) is 17.7. The highest BCUT2D eigenvalue weighted by molar-refractivity contribution is 6.09. The molecule has 126 valence electrons. The lowest BCUT2D eigenvalue weighted by molar-refractivity contribution is -0.187. The predicted molar refractivity (Wildman–Crippen MR) is 81.7 cm³/mol. The normalized spacial score (nSPS) is 12.5. The molecule has 0 aromatic heterocycles. The molecule has 0 heterocycles. The maximum atomic E-state index is 12.4. The minimum atomic E-state index is -4.57. The van der Waals surface area contributed by atoms with Gasteiger partial charge in [-0.3, -0.25) is 9.59 Å². The Hall–Kier alpha value is -2.63. The van der Waals surface area contributed by atoms with Crippen LogP contribution in [0.25, 0.3) is 0 Å². The van der Waals surface area contributed by atoms with Gasteiger partial charge in [-0.15, -0.1) is 0 Å². The number of ketones is 1. The van der Waals surface area contributed by atoms with E-state index in [0.29, 0.717) is 16.7 Å². The number of ether oxygens (including phenoxy) is 1. The van der Waals surface area contributed by atoms with Crippen LogP contribution in [0.5, 0.6) is 0 Å². The molecule has 24 heavy (non-hydrogen) atoms. The lowest BCUT2D eigenvalue weighted by Gasteiger charge is -2.14. The topological polar surface area (TPSA) is 43.4 Å². The molecule has 0 spiro atoms. The molecular formula is C18H15F3O3. The molecule has 1 atom stereocenters. The standard InChI is InChI=1S/C18H15F3O3/c1-12(17(23)24-11-18(19,20)21)14-8-5-9-15(10-14)16(22)13-6-3-2-4-7-13/h2-10,12H,11H2,1H3/t12-/m0/s1. The smallest absolute Gasteiger partial charge is 0.422 e. The van der Waals surface area contributed by atoms with Gasteiger partial charge in [-0.1, -0.05) is 48.5 Å². The fraction of sp³-hybridized carbons (Fsp3) is 0.222. The van der Waals surface area contributed by atoms with Crippen LogP contribution in [0.1, 0.15) is 34.3 Å². The van der Waals surface area contributed by atoms with Gasteiger partial charge in [0.05, 0.1) is 5.92 Å². The van der Waals surface area contributed by atoms with E-state index in [4.69, 9.17) is 0 Å². The van der Waals surface area contributed by atoms with E-state index in [-0.39, 0.29) is 5.78 Å². The Labute approximate surface area is 137 Å². The SMILES string of the molecule is C[C@H](C(=O)OCC(F)(F)F)c1cccc(C(=O)c2ccccc2)c1. The monoisotopic (exact) mass is 336 g/mol. The minimum absolute atomic E-state index is 0.228. The summed E-state index contributed by atoms with van der Waals surface area (Å²) in [7, 11) is 0. The molecule has 2 aromatic carbocycles. The largest absolute Gasteiger partial charge is 0.456 e. The number of rotatable bonds is 5. The van der Waals surface area contributed by atoms with Gasteiger partial charge in [0.25, 0.3) is 0 Å². The van der Waals surface area contributed by atoms with Crippen LogP contribution in [-0.2, 0) is 9.53 Å². The van der Waals surface area contributed by atoms with Crippen LogP contribution < -0.4 is 0 Å². The van der Waals surface area contributed by atoms with Gasteiger partial charge in [0, 0.05) is 11.1 Å². The molecule has 2 aromatic rings. The highest BCUT2D eigenvalue weighted by atomic mass is 19.4. The molecule has 0 bridgehead atoms. The molecule has 0 radical (unpaired) electrons. The molecule has 0 N–H and O–H groups in total. The molecule has 0 saturated carbocycles. The number of benzene rings is 2. The van der Waals surface area contributed by atoms with Gasteiger partial charge in [0.15, 0.2) is 12.4 Å². The molecule has 3 nitrogen and oxygen atoms in total. The van der Waals surface area contributed by atoms with Crippen LogP contribution in [0, 0.1) is 0 Å². The Bertz CT molecular complexity index is 724. The molecular weight excluding hydrogens is 321 g/mol. The second-order valence-corrected chi connectivity index (χ2v) is 5.27. The van der Waals surface area contributed by atoms with Crippen LogP contribution >= 0.6 is 0 Å². The average Bonchev–Trinajstić information content (AvgIpc) is 2.58. The van der Waals surface area contributed by atoms with Gasteiger partial charge in [-0.2, -0.15) is 13.2 Å². The summed E-state index contributed by atoms with van der Waals surface area (Å²) in [6.45, 7) is -0.191. The molecule has 0 amide bonds. The molecule has 0 aliphatic carbocycles. The molecule has 0 fully saturated rings. The Morgan fingerprint density at radius 3 is 2.25 bits per heavy atom. The zero-order valence-corrected chi connectivity index (χ0v) is 12.8. The molecule has 2 rings (SSSR count). The lowest BCUT2D eigenvalue weighted by atomic mass is 9.96. The summed E-state index contributed by atoms with van der Waals surface area (Å²) < 4.78 is 40.6. The summed E-state index contributed by atoms with van der Waals surface area (Å²) in [5.41, 5.74) is 1.26. The molecule has 6 heteroatoms. The lowest BCUT2D eigenvalue weighted by Crippen LogP contribution is -2.23. The van der Waals surface area contributed by atoms with Crippen LogP contribution in [0.15, 0.2) is 54.6 Å². The zero-order valence-electron chi connectivity index (χ0n) is 12.8. The second-order valence-electron chi connectivity index (χ2n) is 5.27. The minimum Gasteiger partial charge on any atom is -0.456 e. The van der Waals surface area contributed by atoms with Crippen molar-refractivity contribution in [3.05, 3.63) is 71.3 Å². The maximum absolute atomic E-state index is 12.4. The second kappa shape index (κ2) is 7.29. The fourth-order valence-corrected chi connectivity index (χ4v) is 2.12. The van der Waals surface area contributed by atoms with Crippen LogP contribution in [0.2, 0.25) is 0 Å². The Morgan fingerprint density at radius 1 is 1.00 bits per heavy atom. The van der Waals surface area contributed by atoms with Crippen molar-refractivity contribution in [1.29, 1.82) is 0 Å². The first-order valence-electron chi connectivity index (χ1n) is 7.21. The van der Waals surface area contributed by atoms with Crippen LogP contribution in [0.3, 0.4) is 0 Å². The molecule has 0 aliphatic heterocycles. The van der Waals surface area contributed by atoms with E-state index in [1.54, 1.807) is 48.5 Å². The van der Waals surface area contributed by atoms with Crippen LogP contribution in [0.4, 0.5) is 13.2 Å². The summed E-state index contributed by atoms with van der Waals surface area (Å²) >= 11 is 0.